The molecule has 1 aromatic rings. The molecule has 1 aromatic heterocycles. The first-order valence-corrected chi connectivity index (χ1v) is 5.10. The summed E-state index contributed by atoms with van der Waals surface area (Å²) in [4.78, 5) is 0. The second-order valence-electron chi connectivity index (χ2n) is 3.73. The summed E-state index contributed by atoms with van der Waals surface area (Å²) in [6.45, 7) is 7.63. The molecule has 0 unspecified atom stereocenters. The topological polar surface area (TPSA) is 34.4 Å². The highest BCUT2D eigenvalue weighted by molar-refractivity contribution is 4.95. The lowest BCUT2D eigenvalue weighted by atomic mass is 10.2. The quantitative estimate of drug-likeness (QED) is 0.679. The van der Waals surface area contributed by atoms with Crippen LogP contribution in [0.1, 0.15) is 19.6 Å². The molecule has 0 saturated heterocycles. The first-order chi connectivity index (χ1) is 6.79. The highest BCUT2D eigenvalue weighted by Gasteiger charge is 1.95. The number of nitrogens with one attached hydrogen (secondary N) is 1. The molecule has 0 saturated carbocycles. The van der Waals surface area contributed by atoms with Crippen molar-refractivity contribution in [1.29, 1.82) is 0 Å². The van der Waals surface area contributed by atoms with Crippen molar-refractivity contribution in [3.8, 4) is 0 Å². The molecule has 1 N–H and O–H groups in total. The minimum absolute atomic E-state index is 0.566. The Bertz CT molecular complexity index is 219. The molecule has 0 amide bonds. The van der Waals surface area contributed by atoms with Gasteiger partial charge in [-0.25, -0.2) is 0 Å². The first-order valence-electron chi connectivity index (χ1n) is 5.10. The Balaban J connectivity index is 1.90. The van der Waals surface area contributed by atoms with Crippen LogP contribution < -0.4 is 5.32 Å². The third kappa shape index (κ3) is 5.04. The maximum Gasteiger partial charge on any atom is 0.129 e. The van der Waals surface area contributed by atoms with Crippen LogP contribution in [0.25, 0.3) is 0 Å². The van der Waals surface area contributed by atoms with E-state index in [-0.39, 0.29) is 0 Å². The highest BCUT2D eigenvalue weighted by atomic mass is 16.5. The van der Waals surface area contributed by atoms with Crippen LogP contribution in [0.15, 0.2) is 22.8 Å². The predicted octanol–water partition coefficient (Wildman–Crippen LogP) is 2.04. The largest absolute Gasteiger partial charge is 0.467 e. The fourth-order valence-corrected chi connectivity index (χ4v) is 1.10. The third-order valence-electron chi connectivity index (χ3n) is 1.80. The molecule has 0 bridgehead atoms. The lowest BCUT2D eigenvalue weighted by molar-refractivity contribution is 0.107. The van der Waals surface area contributed by atoms with Gasteiger partial charge in [-0.05, 0) is 24.6 Å². The number of ether oxygens (including phenoxy) is 1. The SMILES string of the molecule is CC(C)CNCCOCc1ccco1. The lowest BCUT2D eigenvalue weighted by Gasteiger charge is -2.07. The fraction of sp³-hybridized carbons (Fsp3) is 0.636. The average Bonchev–Trinajstić information content (AvgIpc) is 2.63. The van der Waals surface area contributed by atoms with Crippen LogP contribution in [0, 0.1) is 5.92 Å². The fourth-order valence-electron chi connectivity index (χ4n) is 1.10. The number of hydrogen-bond donors (Lipinski definition) is 1. The minimum atomic E-state index is 0.566. The van der Waals surface area contributed by atoms with E-state index in [0.717, 1.165) is 25.5 Å². The first kappa shape index (κ1) is 11.3. The van der Waals surface area contributed by atoms with E-state index < -0.39 is 0 Å². The Kier molecular flexibility index (Phi) is 5.33. The van der Waals surface area contributed by atoms with E-state index in [1.165, 1.54) is 0 Å². The van der Waals surface area contributed by atoms with Crippen LogP contribution in [0.4, 0.5) is 0 Å². The van der Waals surface area contributed by atoms with Crippen molar-refractivity contribution in [3.63, 3.8) is 0 Å². The summed E-state index contributed by atoms with van der Waals surface area (Å²) < 4.78 is 10.5. The summed E-state index contributed by atoms with van der Waals surface area (Å²) in [7, 11) is 0. The molecule has 0 aliphatic carbocycles. The number of furan rings is 1. The van der Waals surface area contributed by atoms with Gasteiger partial charge < -0.3 is 14.5 Å². The van der Waals surface area contributed by atoms with Crippen molar-refractivity contribution < 1.29 is 9.15 Å². The summed E-state index contributed by atoms with van der Waals surface area (Å²) in [5.41, 5.74) is 0. The van der Waals surface area contributed by atoms with E-state index >= 15 is 0 Å². The molecule has 14 heavy (non-hydrogen) atoms. The number of hydrogen-bond acceptors (Lipinski definition) is 3. The zero-order valence-electron chi connectivity index (χ0n) is 8.95. The maximum atomic E-state index is 5.40. The van der Waals surface area contributed by atoms with Crippen LogP contribution in [-0.2, 0) is 11.3 Å². The Hall–Kier alpha value is -0.800. The highest BCUT2D eigenvalue weighted by Crippen LogP contribution is 2.00. The van der Waals surface area contributed by atoms with Crippen LogP contribution in [0.3, 0.4) is 0 Å². The smallest absolute Gasteiger partial charge is 0.129 e. The molecule has 80 valence electrons. The Morgan fingerprint density at radius 2 is 2.36 bits per heavy atom. The van der Waals surface area contributed by atoms with Crippen molar-refractivity contribution in [3.05, 3.63) is 24.2 Å². The molecule has 0 radical (unpaired) electrons. The van der Waals surface area contributed by atoms with Crippen molar-refractivity contribution in [1.82, 2.24) is 5.32 Å². The van der Waals surface area contributed by atoms with Gasteiger partial charge in [0, 0.05) is 6.54 Å². The van der Waals surface area contributed by atoms with Crippen LogP contribution >= 0.6 is 0 Å². The molecule has 0 atom stereocenters. The summed E-state index contributed by atoms with van der Waals surface area (Å²) in [6, 6.07) is 3.79. The summed E-state index contributed by atoms with van der Waals surface area (Å²) in [6.07, 6.45) is 1.66. The Morgan fingerprint density at radius 3 is 3.00 bits per heavy atom. The molecule has 0 fully saturated rings. The molecular formula is C11H19NO2. The lowest BCUT2D eigenvalue weighted by Crippen LogP contribution is -2.23. The molecule has 0 aliphatic rings. The molecular weight excluding hydrogens is 178 g/mol. The standard InChI is InChI=1S/C11H19NO2/c1-10(2)8-12-5-7-13-9-11-4-3-6-14-11/h3-4,6,10,12H,5,7-9H2,1-2H3. The summed E-state index contributed by atoms with van der Waals surface area (Å²) in [5, 5.41) is 3.31. The van der Waals surface area contributed by atoms with E-state index in [2.05, 4.69) is 19.2 Å². The summed E-state index contributed by atoms with van der Waals surface area (Å²) in [5.74, 6) is 1.58. The van der Waals surface area contributed by atoms with E-state index in [4.69, 9.17) is 9.15 Å². The second kappa shape index (κ2) is 6.62. The maximum absolute atomic E-state index is 5.40. The second-order valence-corrected chi connectivity index (χ2v) is 3.73. The Morgan fingerprint density at radius 1 is 1.50 bits per heavy atom. The average molecular weight is 197 g/mol. The molecule has 3 heteroatoms. The van der Waals surface area contributed by atoms with Gasteiger partial charge in [0.25, 0.3) is 0 Å². The predicted molar refractivity (Wildman–Crippen MR) is 56.1 cm³/mol. The van der Waals surface area contributed by atoms with Crippen molar-refractivity contribution in [2.24, 2.45) is 5.92 Å². The Labute approximate surface area is 85.4 Å². The van der Waals surface area contributed by atoms with Gasteiger partial charge in [-0.2, -0.15) is 0 Å². The van der Waals surface area contributed by atoms with Gasteiger partial charge in [0.1, 0.15) is 12.4 Å². The third-order valence-corrected chi connectivity index (χ3v) is 1.80. The molecule has 3 nitrogen and oxygen atoms in total. The zero-order valence-corrected chi connectivity index (χ0v) is 8.95. The van der Waals surface area contributed by atoms with Crippen LogP contribution in [0.2, 0.25) is 0 Å². The van der Waals surface area contributed by atoms with E-state index in [1.807, 2.05) is 12.1 Å². The van der Waals surface area contributed by atoms with Gasteiger partial charge in [0.2, 0.25) is 0 Å². The molecule has 0 spiro atoms. The number of rotatable bonds is 7. The van der Waals surface area contributed by atoms with E-state index in [1.54, 1.807) is 6.26 Å². The van der Waals surface area contributed by atoms with Gasteiger partial charge in [0.05, 0.1) is 12.9 Å². The molecule has 1 rings (SSSR count). The molecule has 0 aliphatic heterocycles. The van der Waals surface area contributed by atoms with Crippen LogP contribution in [-0.4, -0.2) is 19.7 Å². The summed E-state index contributed by atoms with van der Waals surface area (Å²) >= 11 is 0. The van der Waals surface area contributed by atoms with Crippen molar-refractivity contribution in [2.75, 3.05) is 19.7 Å². The van der Waals surface area contributed by atoms with E-state index in [0.29, 0.717) is 12.5 Å². The van der Waals surface area contributed by atoms with Crippen molar-refractivity contribution >= 4 is 0 Å². The van der Waals surface area contributed by atoms with E-state index in [9.17, 15) is 0 Å². The van der Waals surface area contributed by atoms with Gasteiger partial charge in [-0.15, -0.1) is 0 Å². The van der Waals surface area contributed by atoms with Gasteiger partial charge in [0.15, 0.2) is 0 Å². The monoisotopic (exact) mass is 197 g/mol. The minimum Gasteiger partial charge on any atom is -0.467 e. The van der Waals surface area contributed by atoms with Crippen molar-refractivity contribution in [2.45, 2.75) is 20.5 Å². The zero-order chi connectivity index (χ0) is 10.2. The molecule has 0 aromatic carbocycles. The van der Waals surface area contributed by atoms with Gasteiger partial charge in [-0.3, -0.25) is 0 Å². The van der Waals surface area contributed by atoms with Gasteiger partial charge >= 0.3 is 0 Å². The van der Waals surface area contributed by atoms with Crippen LogP contribution in [0.5, 0.6) is 0 Å². The molecule has 1 heterocycles. The van der Waals surface area contributed by atoms with Gasteiger partial charge in [-0.1, -0.05) is 13.8 Å². The normalized spacial score (nSPS) is 11.1.